The van der Waals surface area contributed by atoms with Crippen LogP contribution >= 0.6 is 12.2 Å². The molecule has 0 N–H and O–H groups in total. The molecule has 0 saturated heterocycles. The second kappa shape index (κ2) is 5.40. The fourth-order valence-electron chi connectivity index (χ4n) is 1.05. The minimum atomic E-state index is 0.148. The maximum absolute atomic E-state index is 11.3. The van der Waals surface area contributed by atoms with Gasteiger partial charge in [0.1, 0.15) is 0 Å². The predicted octanol–water partition coefficient (Wildman–Crippen LogP) is 2.98. The normalized spacial score (nSPS) is 10.4. The summed E-state index contributed by atoms with van der Waals surface area (Å²) in [5.41, 5.74) is 1.53. The average molecular weight is 205 g/mol. The summed E-state index contributed by atoms with van der Waals surface area (Å²) < 4.78 is 0. The van der Waals surface area contributed by atoms with Crippen molar-refractivity contribution in [3.63, 3.8) is 0 Å². The smallest absolute Gasteiger partial charge is 0.162 e. The van der Waals surface area contributed by atoms with Crippen LogP contribution in [-0.4, -0.2) is 17.4 Å². The first-order valence-electron chi connectivity index (χ1n) is 4.39. The van der Waals surface area contributed by atoms with Crippen LogP contribution in [0.1, 0.15) is 23.7 Å². The van der Waals surface area contributed by atoms with E-state index in [2.05, 4.69) is 17.2 Å². The molecule has 14 heavy (non-hydrogen) atoms. The van der Waals surface area contributed by atoms with Gasteiger partial charge in [0.2, 0.25) is 0 Å². The number of nitrogens with zero attached hydrogens (tertiary/aromatic N) is 1. The molecule has 0 aromatic heterocycles. The van der Waals surface area contributed by atoms with E-state index in [-0.39, 0.29) is 5.78 Å². The standard InChI is InChI=1S/C11H11NOS/c1-2-11(13)9-3-5-10(6-4-9)12-7-8-14/h3-8H,2H2,1H3. The van der Waals surface area contributed by atoms with Crippen molar-refractivity contribution in [3.05, 3.63) is 29.8 Å². The van der Waals surface area contributed by atoms with Crippen molar-refractivity contribution < 1.29 is 4.79 Å². The van der Waals surface area contributed by atoms with E-state index in [9.17, 15) is 4.79 Å². The van der Waals surface area contributed by atoms with Crippen LogP contribution in [0.25, 0.3) is 0 Å². The highest BCUT2D eigenvalue weighted by Gasteiger charge is 2.00. The van der Waals surface area contributed by atoms with Gasteiger partial charge < -0.3 is 0 Å². The highest BCUT2D eigenvalue weighted by molar-refractivity contribution is 7.80. The van der Waals surface area contributed by atoms with Crippen LogP contribution < -0.4 is 0 Å². The molecule has 0 radical (unpaired) electrons. The molecule has 0 spiro atoms. The lowest BCUT2D eigenvalue weighted by atomic mass is 10.1. The summed E-state index contributed by atoms with van der Waals surface area (Å²) in [7, 11) is 0. The summed E-state index contributed by atoms with van der Waals surface area (Å²) >= 11 is 4.61. The molecule has 0 fully saturated rings. The molecular weight excluding hydrogens is 194 g/mol. The summed E-state index contributed by atoms with van der Waals surface area (Å²) in [5, 5.41) is 1.45. The summed E-state index contributed by atoms with van der Waals surface area (Å²) in [6, 6.07) is 7.17. The molecule has 0 atom stereocenters. The first-order chi connectivity index (χ1) is 6.77. The third kappa shape index (κ3) is 2.85. The maximum Gasteiger partial charge on any atom is 0.162 e. The van der Waals surface area contributed by atoms with E-state index < -0.39 is 0 Å². The summed E-state index contributed by atoms with van der Waals surface area (Å²) in [6.45, 7) is 1.85. The van der Waals surface area contributed by atoms with Crippen LogP contribution in [0.5, 0.6) is 0 Å². The van der Waals surface area contributed by atoms with Crippen molar-refractivity contribution in [2.24, 2.45) is 4.99 Å². The van der Waals surface area contributed by atoms with E-state index in [1.54, 1.807) is 30.5 Å². The molecule has 1 aromatic rings. The van der Waals surface area contributed by atoms with Gasteiger partial charge >= 0.3 is 0 Å². The molecule has 72 valence electrons. The van der Waals surface area contributed by atoms with Crippen LogP contribution in [0.3, 0.4) is 0 Å². The van der Waals surface area contributed by atoms with Gasteiger partial charge in [0, 0.05) is 23.6 Å². The zero-order valence-corrected chi connectivity index (χ0v) is 8.75. The molecule has 0 bridgehead atoms. The Morgan fingerprint density at radius 3 is 2.57 bits per heavy atom. The number of benzene rings is 1. The summed E-state index contributed by atoms with van der Waals surface area (Å²) in [6.07, 6.45) is 2.08. The third-order valence-electron chi connectivity index (χ3n) is 1.79. The Kier molecular flexibility index (Phi) is 4.13. The van der Waals surface area contributed by atoms with Crippen molar-refractivity contribution in [3.8, 4) is 0 Å². The summed E-state index contributed by atoms with van der Waals surface area (Å²) in [5.74, 6) is 0.148. The number of carbonyl (C=O) groups is 1. The number of Topliss-reactive ketones (excluding diaryl/α,β-unsaturated/α-hetero) is 1. The van der Waals surface area contributed by atoms with E-state index in [1.165, 1.54) is 5.37 Å². The van der Waals surface area contributed by atoms with Crippen LogP contribution in [0.15, 0.2) is 29.3 Å². The number of hydrogen-bond donors (Lipinski definition) is 0. The molecular formula is C11H11NOS. The largest absolute Gasteiger partial charge is 0.294 e. The molecule has 0 aliphatic heterocycles. The Hall–Kier alpha value is -1.35. The second-order valence-electron chi connectivity index (χ2n) is 2.74. The van der Waals surface area contributed by atoms with E-state index in [1.807, 2.05) is 6.92 Å². The molecule has 3 heteroatoms. The van der Waals surface area contributed by atoms with Crippen LogP contribution in [-0.2, 0) is 0 Å². The highest BCUT2D eigenvalue weighted by Crippen LogP contribution is 2.13. The molecule has 0 heterocycles. The number of rotatable bonds is 4. The van der Waals surface area contributed by atoms with Crippen LogP contribution in [0.2, 0.25) is 0 Å². The van der Waals surface area contributed by atoms with Crippen molar-refractivity contribution in [2.75, 3.05) is 0 Å². The maximum atomic E-state index is 11.3. The van der Waals surface area contributed by atoms with Crippen molar-refractivity contribution in [2.45, 2.75) is 13.3 Å². The molecule has 0 unspecified atom stereocenters. The fourth-order valence-corrected chi connectivity index (χ4v) is 1.11. The highest BCUT2D eigenvalue weighted by atomic mass is 32.1. The SMILES string of the molecule is CCC(=O)c1ccc(N=CC=S)cc1. The van der Waals surface area contributed by atoms with Gasteiger partial charge in [-0.25, -0.2) is 0 Å². The molecule has 1 rings (SSSR count). The Balaban J connectivity index is 2.83. The van der Waals surface area contributed by atoms with E-state index >= 15 is 0 Å². The van der Waals surface area contributed by atoms with Gasteiger partial charge in [0.05, 0.1) is 5.69 Å². The molecule has 2 nitrogen and oxygen atoms in total. The Morgan fingerprint density at radius 2 is 2.07 bits per heavy atom. The first kappa shape index (κ1) is 10.7. The molecule has 1 aromatic carbocycles. The molecule has 0 aliphatic rings. The number of aliphatic imine (C=N–C) groups is 1. The topological polar surface area (TPSA) is 29.4 Å². The van der Waals surface area contributed by atoms with Crippen molar-refractivity contribution in [1.82, 2.24) is 0 Å². The minimum absolute atomic E-state index is 0.148. The van der Waals surface area contributed by atoms with E-state index in [0.717, 1.165) is 11.3 Å². The molecule has 0 saturated carbocycles. The van der Waals surface area contributed by atoms with E-state index in [4.69, 9.17) is 0 Å². The Labute approximate surface area is 88.7 Å². The van der Waals surface area contributed by atoms with Gasteiger partial charge in [-0.1, -0.05) is 19.1 Å². The molecule has 0 amide bonds. The lowest BCUT2D eigenvalue weighted by Crippen LogP contribution is -1.94. The second-order valence-corrected chi connectivity index (χ2v) is 3.01. The first-order valence-corrected chi connectivity index (χ1v) is 4.86. The zero-order valence-electron chi connectivity index (χ0n) is 7.93. The van der Waals surface area contributed by atoms with Gasteiger partial charge in [-0.05, 0) is 24.3 Å². The van der Waals surface area contributed by atoms with Gasteiger partial charge in [-0.3, -0.25) is 9.79 Å². The average Bonchev–Trinajstić information content (AvgIpc) is 2.26. The predicted molar refractivity (Wildman–Crippen MR) is 62.9 cm³/mol. The van der Waals surface area contributed by atoms with Crippen LogP contribution in [0, 0.1) is 0 Å². The van der Waals surface area contributed by atoms with Gasteiger partial charge in [0.15, 0.2) is 5.78 Å². The van der Waals surface area contributed by atoms with Crippen molar-refractivity contribution >= 4 is 35.3 Å². The number of carbonyl (C=O) groups excluding carboxylic acids is 1. The number of thiocarbonyl (C=S) groups is 1. The third-order valence-corrected chi connectivity index (χ3v) is 1.92. The summed E-state index contributed by atoms with van der Waals surface area (Å²) in [4.78, 5) is 15.3. The lowest BCUT2D eigenvalue weighted by molar-refractivity contribution is 0.0988. The number of ketones is 1. The van der Waals surface area contributed by atoms with Crippen LogP contribution in [0.4, 0.5) is 5.69 Å². The monoisotopic (exact) mass is 205 g/mol. The number of hydrogen-bond acceptors (Lipinski definition) is 3. The van der Waals surface area contributed by atoms with E-state index in [0.29, 0.717) is 6.42 Å². The Bertz CT molecular complexity index is 354. The Morgan fingerprint density at radius 1 is 1.43 bits per heavy atom. The fraction of sp³-hybridized carbons (Fsp3) is 0.182. The minimum Gasteiger partial charge on any atom is -0.294 e. The molecule has 0 aliphatic carbocycles. The quantitative estimate of drug-likeness (QED) is 0.429. The van der Waals surface area contributed by atoms with Gasteiger partial charge in [-0.15, -0.1) is 0 Å². The van der Waals surface area contributed by atoms with Gasteiger partial charge in [0.25, 0.3) is 0 Å². The lowest BCUT2D eigenvalue weighted by Gasteiger charge is -1.97. The van der Waals surface area contributed by atoms with Gasteiger partial charge in [-0.2, -0.15) is 0 Å². The van der Waals surface area contributed by atoms with Crippen molar-refractivity contribution in [1.29, 1.82) is 0 Å². The zero-order chi connectivity index (χ0) is 10.4.